The lowest BCUT2D eigenvalue weighted by Crippen LogP contribution is -2.28. The number of hydrogen-bond donors (Lipinski definition) is 1. The Balaban J connectivity index is 1.98. The van der Waals surface area contributed by atoms with Gasteiger partial charge in [0.1, 0.15) is 0 Å². The number of aromatic nitrogens is 2. The Morgan fingerprint density at radius 3 is 2.71 bits per heavy atom. The molecular weight excluding hydrogens is 258 g/mol. The second kappa shape index (κ2) is 8.57. The first-order valence-electron chi connectivity index (χ1n) is 8.99. The minimum Gasteiger partial charge on any atom is -0.317 e. The first kappa shape index (κ1) is 16.5. The normalized spacial score (nSPS) is 24.7. The van der Waals surface area contributed by atoms with Crippen LogP contribution in [0.15, 0.2) is 12.3 Å². The summed E-state index contributed by atoms with van der Waals surface area (Å²) < 4.78 is 2.14. The second-order valence-corrected chi connectivity index (χ2v) is 6.71. The molecule has 3 heteroatoms. The summed E-state index contributed by atoms with van der Waals surface area (Å²) in [6, 6.07) is 2.76. The van der Waals surface area contributed by atoms with Crippen LogP contribution in [0.2, 0.25) is 0 Å². The molecule has 0 amide bonds. The second-order valence-electron chi connectivity index (χ2n) is 6.71. The van der Waals surface area contributed by atoms with E-state index >= 15 is 0 Å². The fourth-order valence-electron chi connectivity index (χ4n) is 3.52. The summed E-state index contributed by atoms with van der Waals surface area (Å²) in [5.74, 6) is 1.65. The molecule has 1 N–H and O–H groups in total. The molecule has 1 aromatic rings. The lowest BCUT2D eigenvalue weighted by Gasteiger charge is -2.24. The molecule has 1 aromatic heterocycles. The van der Waals surface area contributed by atoms with Crippen molar-refractivity contribution in [3.8, 4) is 0 Å². The third-order valence-corrected chi connectivity index (χ3v) is 5.15. The highest BCUT2D eigenvalue weighted by atomic mass is 15.3. The monoisotopic (exact) mass is 291 g/mol. The van der Waals surface area contributed by atoms with Crippen molar-refractivity contribution in [1.82, 2.24) is 15.1 Å². The molecule has 1 aliphatic carbocycles. The zero-order chi connectivity index (χ0) is 15.1. The van der Waals surface area contributed by atoms with Gasteiger partial charge in [-0.2, -0.15) is 5.10 Å². The Morgan fingerprint density at radius 2 is 2.00 bits per heavy atom. The van der Waals surface area contributed by atoms with Gasteiger partial charge in [-0.25, -0.2) is 0 Å². The van der Waals surface area contributed by atoms with Crippen molar-refractivity contribution >= 4 is 0 Å². The molecule has 1 fully saturated rings. The number of hydrogen-bond acceptors (Lipinski definition) is 2. The van der Waals surface area contributed by atoms with Crippen molar-refractivity contribution in [2.75, 3.05) is 13.1 Å². The fourth-order valence-corrected chi connectivity index (χ4v) is 3.52. The zero-order valence-electron chi connectivity index (χ0n) is 14.1. The Morgan fingerprint density at radius 1 is 1.24 bits per heavy atom. The van der Waals surface area contributed by atoms with Gasteiger partial charge in [-0.05, 0) is 63.6 Å². The van der Waals surface area contributed by atoms with Crippen LogP contribution >= 0.6 is 0 Å². The van der Waals surface area contributed by atoms with Crippen LogP contribution in [0.4, 0.5) is 0 Å². The molecule has 3 unspecified atom stereocenters. The minimum absolute atomic E-state index is 0.519. The van der Waals surface area contributed by atoms with Gasteiger partial charge in [0, 0.05) is 12.2 Å². The van der Waals surface area contributed by atoms with Crippen LogP contribution in [-0.4, -0.2) is 22.9 Å². The predicted octanol–water partition coefficient (Wildman–Crippen LogP) is 4.20. The molecule has 120 valence electrons. The van der Waals surface area contributed by atoms with Crippen LogP contribution in [0.3, 0.4) is 0 Å². The van der Waals surface area contributed by atoms with E-state index in [0.29, 0.717) is 6.04 Å². The van der Waals surface area contributed by atoms with Gasteiger partial charge < -0.3 is 5.32 Å². The lowest BCUT2D eigenvalue weighted by molar-refractivity contribution is 0.296. The maximum absolute atomic E-state index is 4.82. The maximum atomic E-state index is 4.82. The molecule has 21 heavy (non-hydrogen) atoms. The van der Waals surface area contributed by atoms with Crippen molar-refractivity contribution < 1.29 is 0 Å². The van der Waals surface area contributed by atoms with E-state index in [9.17, 15) is 0 Å². The highest BCUT2D eigenvalue weighted by Crippen LogP contribution is 2.31. The standard InChI is InChI=1S/C18H33N3/c1-4-15(3)21-12-11-18(20-21)13-16-9-7-6-8-10-17(16)14-19-5-2/h11-12,15-17,19H,4-10,13-14H2,1-3H3. The van der Waals surface area contributed by atoms with E-state index in [2.05, 4.69) is 43.0 Å². The van der Waals surface area contributed by atoms with Crippen molar-refractivity contribution in [3.63, 3.8) is 0 Å². The van der Waals surface area contributed by atoms with Gasteiger partial charge in [0.05, 0.1) is 5.69 Å². The van der Waals surface area contributed by atoms with Crippen LogP contribution in [0.25, 0.3) is 0 Å². The molecule has 0 aromatic carbocycles. The van der Waals surface area contributed by atoms with Gasteiger partial charge in [0.2, 0.25) is 0 Å². The topological polar surface area (TPSA) is 29.9 Å². The molecular formula is C18H33N3. The summed E-state index contributed by atoms with van der Waals surface area (Å²) in [7, 11) is 0. The fraction of sp³-hybridized carbons (Fsp3) is 0.833. The molecule has 1 aliphatic rings. The smallest absolute Gasteiger partial charge is 0.0627 e. The van der Waals surface area contributed by atoms with E-state index in [1.807, 2.05) is 0 Å². The molecule has 3 nitrogen and oxygen atoms in total. The van der Waals surface area contributed by atoms with E-state index < -0.39 is 0 Å². The number of nitrogens with one attached hydrogen (secondary N) is 1. The summed E-state index contributed by atoms with van der Waals surface area (Å²) >= 11 is 0. The largest absolute Gasteiger partial charge is 0.317 e. The van der Waals surface area contributed by atoms with Crippen LogP contribution < -0.4 is 5.32 Å². The van der Waals surface area contributed by atoms with E-state index in [4.69, 9.17) is 5.10 Å². The summed E-state index contributed by atoms with van der Waals surface area (Å²) in [5.41, 5.74) is 1.30. The van der Waals surface area contributed by atoms with Gasteiger partial charge in [-0.3, -0.25) is 4.68 Å². The predicted molar refractivity (Wildman–Crippen MR) is 89.5 cm³/mol. The highest BCUT2D eigenvalue weighted by molar-refractivity contribution is 5.02. The van der Waals surface area contributed by atoms with Crippen LogP contribution in [0, 0.1) is 11.8 Å². The Labute approximate surface area is 130 Å². The van der Waals surface area contributed by atoms with Crippen molar-refractivity contribution in [1.29, 1.82) is 0 Å². The van der Waals surface area contributed by atoms with E-state index in [0.717, 1.165) is 24.8 Å². The average Bonchev–Trinajstić information content (AvgIpc) is 2.85. The molecule has 0 spiro atoms. The van der Waals surface area contributed by atoms with Gasteiger partial charge in [0.25, 0.3) is 0 Å². The Hall–Kier alpha value is -0.830. The van der Waals surface area contributed by atoms with Gasteiger partial charge in [-0.15, -0.1) is 0 Å². The molecule has 2 rings (SSSR count). The number of rotatable bonds is 7. The molecule has 1 saturated carbocycles. The Bertz CT molecular complexity index is 399. The van der Waals surface area contributed by atoms with E-state index in [-0.39, 0.29) is 0 Å². The van der Waals surface area contributed by atoms with Gasteiger partial charge in [-0.1, -0.05) is 33.1 Å². The van der Waals surface area contributed by atoms with Crippen LogP contribution in [-0.2, 0) is 6.42 Å². The van der Waals surface area contributed by atoms with Crippen molar-refractivity contribution in [2.24, 2.45) is 11.8 Å². The Kier molecular flexibility index (Phi) is 6.75. The van der Waals surface area contributed by atoms with E-state index in [1.54, 1.807) is 0 Å². The lowest BCUT2D eigenvalue weighted by atomic mass is 9.84. The van der Waals surface area contributed by atoms with E-state index in [1.165, 1.54) is 50.8 Å². The molecule has 0 radical (unpaired) electrons. The number of nitrogens with zero attached hydrogens (tertiary/aromatic N) is 2. The summed E-state index contributed by atoms with van der Waals surface area (Å²) in [4.78, 5) is 0. The van der Waals surface area contributed by atoms with Gasteiger partial charge in [0.15, 0.2) is 0 Å². The summed E-state index contributed by atoms with van der Waals surface area (Å²) in [6.45, 7) is 8.96. The van der Waals surface area contributed by atoms with Crippen LogP contribution in [0.5, 0.6) is 0 Å². The first-order valence-corrected chi connectivity index (χ1v) is 8.99. The third kappa shape index (κ3) is 4.84. The minimum atomic E-state index is 0.519. The molecule has 0 saturated heterocycles. The quantitative estimate of drug-likeness (QED) is 0.763. The van der Waals surface area contributed by atoms with Crippen molar-refractivity contribution in [3.05, 3.63) is 18.0 Å². The molecule has 0 bridgehead atoms. The maximum Gasteiger partial charge on any atom is 0.0627 e. The first-order chi connectivity index (χ1) is 10.2. The highest BCUT2D eigenvalue weighted by Gasteiger charge is 2.24. The molecule has 1 heterocycles. The average molecular weight is 291 g/mol. The van der Waals surface area contributed by atoms with Gasteiger partial charge >= 0.3 is 0 Å². The molecule has 0 aliphatic heterocycles. The molecule has 3 atom stereocenters. The van der Waals surface area contributed by atoms with Crippen LogP contribution in [0.1, 0.15) is 71.0 Å². The zero-order valence-corrected chi connectivity index (χ0v) is 14.1. The summed E-state index contributed by atoms with van der Waals surface area (Å²) in [6.07, 6.45) is 11.5. The SMILES string of the molecule is CCNCC1CCCCCC1Cc1ccn(C(C)CC)n1. The summed E-state index contributed by atoms with van der Waals surface area (Å²) in [5, 5.41) is 8.39. The third-order valence-electron chi connectivity index (χ3n) is 5.15. The van der Waals surface area contributed by atoms with Crippen molar-refractivity contribution in [2.45, 2.75) is 71.8 Å².